The number of carbonyl (C=O) groups is 1. The third kappa shape index (κ3) is 4.12. The summed E-state index contributed by atoms with van der Waals surface area (Å²) < 4.78 is 0. The second-order valence-corrected chi connectivity index (χ2v) is 6.01. The topological polar surface area (TPSA) is 41.1 Å². The summed E-state index contributed by atoms with van der Waals surface area (Å²) in [4.78, 5) is 11.9. The first-order valence-electron chi connectivity index (χ1n) is 6.42. The molecule has 0 aromatic carbocycles. The highest BCUT2D eigenvalue weighted by atomic mass is 16.2. The Hall–Kier alpha value is -0.570. The molecule has 3 heteroatoms. The van der Waals surface area contributed by atoms with Crippen molar-refractivity contribution in [3.8, 4) is 0 Å². The molecule has 1 saturated heterocycles. The number of hydrogen-bond acceptors (Lipinski definition) is 2. The Balaban J connectivity index is 2.29. The predicted molar refractivity (Wildman–Crippen MR) is 67.3 cm³/mol. The fraction of sp³-hybridized carbons (Fsp3) is 0.923. The molecule has 0 saturated carbocycles. The zero-order chi connectivity index (χ0) is 12.2. The summed E-state index contributed by atoms with van der Waals surface area (Å²) in [5, 5.41) is 6.33. The van der Waals surface area contributed by atoms with Gasteiger partial charge in [-0.3, -0.25) is 4.79 Å². The molecule has 0 spiro atoms. The Bertz CT molecular complexity index is 227. The maximum absolute atomic E-state index is 11.9. The molecule has 0 bridgehead atoms. The van der Waals surface area contributed by atoms with Crippen molar-refractivity contribution in [1.29, 1.82) is 0 Å². The van der Waals surface area contributed by atoms with Gasteiger partial charge in [-0.2, -0.15) is 0 Å². The maximum Gasteiger partial charge on any atom is 0.237 e. The van der Waals surface area contributed by atoms with Crippen LogP contribution >= 0.6 is 0 Å². The van der Waals surface area contributed by atoms with Gasteiger partial charge < -0.3 is 10.6 Å². The first-order valence-corrected chi connectivity index (χ1v) is 6.42. The van der Waals surface area contributed by atoms with Crippen LogP contribution in [0.4, 0.5) is 0 Å². The standard InChI is InChI=1S/C13H26N2O/c1-10(13(2,3)4)9-15-12(16)11-7-5-6-8-14-11/h10-11,14H,5-9H2,1-4H3,(H,15,16)/t10?,11-/m1/s1. The van der Waals surface area contributed by atoms with Crippen LogP contribution in [0.25, 0.3) is 0 Å². The summed E-state index contributed by atoms with van der Waals surface area (Å²) in [6.07, 6.45) is 3.35. The minimum atomic E-state index is 0.0425. The molecule has 1 amide bonds. The first kappa shape index (κ1) is 13.5. The van der Waals surface area contributed by atoms with E-state index in [9.17, 15) is 4.79 Å². The lowest BCUT2D eigenvalue weighted by Gasteiger charge is -2.29. The Labute approximate surface area is 99.4 Å². The predicted octanol–water partition coefficient (Wildman–Crippen LogP) is 1.93. The lowest BCUT2D eigenvalue weighted by molar-refractivity contribution is -0.124. The molecule has 1 heterocycles. The Morgan fingerprint density at radius 1 is 1.44 bits per heavy atom. The van der Waals surface area contributed by atoms with Gasteiger partial charge in [0.25, 0.3) is 0 Å². The molecule has 0 aliphatic carbocycles. The number of piperidine rings is 1. The summed E-state index contributed by atoms with van der Waals surface area (Å²) in [5.74, 6) is 0.677. The second-order valence-electron chi connectivity index (χ2n) is 6.01. The molecule has 1 fully saturated rings. The van der Waals surface area contributed by atoms with Gasteiger partial charge in [-0.05, 0) is 30.7 Å². The summed E-state index contributed by atoms with van der Waals surface area (Å²) in [6, 6.07) is 0.0425. The van der Waals surface area contributed by atoms with Gasteiger partial charge in [-0.15, -0.1) is 0 Å². The highest BCUT2D eigenvalue weighted by Crippen LogP contribution is 2.24. The van der Waals surface area contributed by atoms with E-state index in [0.29, 0.717) is 5.92 Å². The molecule has 2 atom stereocenters. The van der Waals surface area contributed by atoms with Crippen LogP contribution in [0.1, 0.15) is 47.0 Å². The van der Waals surface area contributed by atoms with Gasteiger partial charge in [0.1, 0.15) is 0 Å². The van der Waals surface area contributed by atoms with Crippen LogP contribution < -0.4 is 10.6 Å². The van der Waals surface area contributed by atoms with Crippen LogP contribution in [0, 0.1) is 11.3 Å². The highest BCUT2D eigenvalue weighted by Gasteiger charge is 2.23. The number of amides is 1. The van der Waals surface area contributed by atoms with Crippen molar-refractivity contribution in [2.45, 2.75) is 53.0 Å². The molecule has 94 valence electrons. The van der Waals surface area contributed by atoms with Gasteiger partial charge in [-0.25, -0.2) is 0 Å². The van der Waals surface area contributed by atoms with Crippen molar-refractivity contribution in [3.05, 3.63) is 0 Å². The van der Waals surface area contributed by atoms with Crippen LogP contribution in [0.15, 0.2) is 0 Å². The van der Waals surface area contributed by atoms with E-state index in [0.717, 1.165) is 19.5 Å². The van der Waals surface area contributed by atoms with Gasteiger partial charge in [0.05, 0.1) is 6.04 Å². The third-order valence-corrected chi connectivity index (χ3v) is 3.69. The van der Waals surface area contributed by atoms with E-state index in [1.54, 1.807) is 0 Å². The number of hydrogen-bond donors (Lipinski definition) is 2. The number of rotatable bonds is 3. The molecule has 1 aliphatic heterocycles. The van der Waals surface area contributed by atoms with Crippen molar-refractivity contribution in [2.75, 3.05) is 13.1 Å². The fourth-order valence-electron chi connectivity index (χ4n) is 1.76. The van der Waals surface area contributed by atoms with Gasteiger partial charge >= 0.3 is 0 Å². The van der Waals surface area contributed by atoms with Gasteiger partial charge in [-0.1, -0.05) is 34.1 Å². The summed E-state index contributed by atoms with van der Waals surface area (Å²) >= 11 is 0. The van der Waals surface area contributed by atoms with Crippen LogP contribution in [-0.2, 0) is 4.79 Å². The minimum absolute atomic E-state index is 0.0425. The molecule has 1 unspecified atom stereocenters. The largest absolute Gasteiger partial charge is 0.354 e. The Kier molecular flexibility index (Phi) is 4.78. The molecule has 1 aliphatic rings. The zero-order valence-electron chi connectivity index (χ0n) is 11.1. The lowest BCUT2D eigenvalue weighted by Crippen LogP contribution is -2.48. The molecular weight excluding hydrogens is 200 g/mol. The van der Waals surface area contributed by atoms with Gasteiger partial charge in [0.15, 0.2) is 0 Å². The lowest BCUT2D eigenvalue weighted by atomic mass is 9.82. The van der Waals surface area contributed by atoms with E-state index in [1.807, 2.05) is 0 Å². The molecular formula is C13H26N2O. The van der Waals surface area contributed by atoms with E-state index in [4.69, 9.17) is 0 Å². The smallest absolute Gasteiger partial charge is 0.237 e. The normalized spacial score (nSPS) is 23.9. The quantitative estimate of drug-likeness (QED) is 0.772. The number of nitrogens with one attached hydrogen (secondary N) is 2. The van der Waals surface area contributed by atoms with Gasteiger partial charge in [0.2, 0.25) is 5.91 Å². The summed E-state index contributed by atoms with van der Waals surface area (Å²) in [5.41, 5.74) is 0.257. The van der Waals surface area contributed by atoms with Crippen LogP contribution in [0.2, 0.25) is 0 Å². The van der Waals surface area contributed by atoms with Crippen molar-refractivity contribution in [1.82, 2.24) is 10.6 Å². The monoisotopic (exact) mass is 226 g/mol. The average Bonchev–Trinajstić information content (AvgIpc) is 2.25. The van der Waals surface area contributed by atoms with Crippen molar-refractivity contribution in [3.63, 3.8) is 0 Å². The minimum Gasteiger partial charge on any atom is -0.354 e. The van der Waals surface area contributed by atoms with E-state index in [1.165, 1.54) is 12.8 Å². The molecule has 0 aromatic heterocycles. The third-order valence-electron chi connectivity index (χ3n) is 3.69. The Morgan fingerprint density at radius 2 is 2.12 bits per heavy atom. The van der Waals surface area contributed by atoms with Crippen molar-refractivity contribution < 1.29 is 4.79 Å². The molecule has 3 nitrogen and oxygen atoms in total. The van der Waals surface area contributed by atoms with Gasteiger partial charge in [0, 0.05) is 6.54 Å². The van der Waals surface area contributed by atoms with Crippen LogP contribution in [0.5, 0.6) is 0 Å². The SMILES string of the molecule is CC(CNC(=O)[C@H]1CCCCN1)C(C)(C)C. The van der Waals surface area contributed by atoms with Crippen molar-refractivity contribution in [2.24, 2.45) is 11.3 Å². The van der Waals surface area contributed by atoms with E-state index in [-0.39, 0.29) is 17.4 Å². The summed E-state index contributed by atoms with van der Waals surface area (Å²) in [6.45, 7) is 10.6. The molecule has 16 heavy (non-hydrogen) atoms. The van der Waals surface area contributed by atoms with Crippen molar-refractivity contribution >= 4 is 5.91 Å². The molecule has 2 N–H and O–H groups in total. The first-order chi connectivity index (χ1) is 7.41. The number of carbonyl (C=O) groups excluding carboxylic acids is 1. The average molecular weight is 226 g/mol. The Morgan fingerprint density at radius 3 is 2.62 bits per heavy atom. The van der Waals surface area contributed by atoms with Crippen LogP contribution in [0.3, 0.4) is 0 Å². The molecule has 0 aromatic rings. The van der Waals surface area contributed by atoms with E-state index in [2.05, 4.69) is 38.3 Å². The molecule has 1 rings (SSSR count). The summed E-state index contributed by atoms with van der Waals surface area (Å²) in [7, 11) is 0. The highest BCUT2D eigenvalue weighted by molar-refractivity contribution is 5.81. The zero-order valence-corrected chi connectivity index (χ0v) is 11.1. The second kappa shape index (κ2) is 5.67. The van der Waals surface area contributed by atoms with E-state index < -0.39 is 0 Å². The van der Waals surface area contributed by atoms with E-state index >= 15 is 0 Å². The maximum atomic E-state index is 11.9. The van der Waals surface area contributed by atoms with Crippen LogP contribution in [-0.4, -0.2) is 25.0 Å². The fourth-order valence-corrected chi connectivity index (χ4v) is 1.76. The molecule has 0 radical (unpaired) electrons.